The number of aryl methyl sites for hydroxylation is 1. The van der Waals surface area contributed by atoms with Crippen LogP contribution in [0.3, 0.4) is 0 Å². The van der Waals surface area contributed by atoms with Crippen LogP contribution in [0, 0.1) is 0 Å². The molecule has 7 heteroatoms. The highest BCUT2D eigenvalue weighted by atomic mass is 32.1. The number of carbonyl (C=O) groups is 2. The highest BCUT2D eigenvalue weighted by Gasteiger charge is 2.05. The number of carbonyl (C=O) groups excluding carboxylic acids is 2. The highest BCUT2D eigenvalue weighted by Crippen LogP contribution is 2.12. The molecule has 104 valence electrons. The Morgan fingerprint density at radius 3 is 2.60 bits per heavy atom. The minimum Gasteiger partial charge on any atom is -0.484 e. The van der Waals surface area contributed by atoms with Crippen LogP contribution in [0.4, 0.5) is 0 Å². The van der Waals surface area contributed by atoms with Gasteiger partial charge in [0.05, 0.1) is 0 Å². The molecule has 0 radical (unpaired) electrons. The minimum atomic E-state index is -0.551. The van der Waals surface area contributed by atoms with Gasteiger partial charge >= 0.3 is 0 Å². The first kappa shape index (κ1) is 14.0. The maximum Gasteiger partial charge on any atom is 0.279 e. The summed E-state index contributed by atoms with van der Waals surface area (Å²) < 4.78 is 6.88. The fourth-order valence-electron chi connectivity index (χ4n) is 1.43. The largest absolute Gasteiger partial charge is 0.484 e. The van der Waals surface area contributed by atoms with Crippen LogP contribution in [-0.4, -0.2) is 23.0 Å². The molecule has 0 saturated heterocycles. The number of ether oxygens (including phenoxy) is 1. The first-order chi connectivity index (χ1) is 9.56. The fourth-order valence-corrected chi connectivity index (χ4v) is 2.16. The van der Waals surface area contributed by atoms with Crippen LogP contribution in [0.5, 0.6) is 5.75 Å². The summed E-state index contributed by atoms with van der Waals surface area (Å²) in [5.74, 6) is -0.406. The third-order valence-electron chi connectivity index (χ3n) is 2.44. The standard InChI is InChI=1S/C13H13N3O3S/c1-16-6-7-20-13(16)15-12(18)9-2-4-10(5-3-9)19-8-11(14)17/h2-7H,8H2,1H3,(H2,14,17). The van der Waals surface area contributed by atoms with E-state index in [4.69, 9.17) is 10.5 Å². The molecule has 2 aromatic rings. The number of hydrogen-bond donors (Lipinski definition) is 1. The van der Waals surface area contributed by atoms with Crippen LogP contribution in [0.15, 0.2) is 40.8 Å². The Morgan fingerprint density at radius 1 is 1.35 bits per heavy atom. The quantitative estimate of drug-likeness (QED) is 0.899. The SMILES string of the molecule is Cn1ccsc1=NC(=O)c1ccc(OCC(N)=O)cc1. The molecular weight excluding hydrogens is 278 g/mol. The van der Waals surface area contributed by atoms with E-state index in [-0.39, 0.29) is 12.5 Å². The summed E-state index contributed by atoms with van der Waals surface area (Å²) in [7, 11) is 1.82. The van der Waals surface area contributed by atoms with Crippen LogP contribution in [-0.2, 0) is 11.8 Å². The predicted molar refractivity (Wildman–Crippen MR) is 74.3 cm³/mol. The first-order valence-electron chi connectivity index (χ1n) is 5.76. The van der Waals surface area contributed by atoms with Gasteiger partial charge in [0.25, 0.3) is 11.8 Å². The summed E-state index contributed by atoms with van der Waals surface area (Å²) in [6.07, 6.45) is 1.83. The van der Waals surface area contributed by atoms with Gasteiger partial charge in [0.15, 0.2) is 11.4 Å². The van der Waals surface area contributed by atoms with E-state index in [1.165, 1.54) is 11.3 Å². The number of thiazole rings is 1. The van der Waals surface area contributed by atoms with Crippen molar-refractivity contribution in [2.45, 2.75) is 0 Å². The van der Waals surface area contributed by atoms with Crippen LogP contribution < -0.4 is 15.3 Å². The molecule has 6 nitrogen and oxygen atoms in total. The zero-order valence-corrected chi connectivity index (χ0v) is 11.6. The van der Waals surface area contributed by atoms with E-state index in [2.05, 4.69) is 4.99 Å². The van der Waals surface area contributed by atoms with Crippen molar-refractivity contribution in [2.75, 3.05) is 6.61 Å². The smallest absolute Gasteiger partial charge is 0.279 e. The van der Waals surface area contributed by atoms with Crippen molar-refractivity contribution in [3.05, 3.63) is 46.2 Å². The average Bonchev–Trinajstić information content (AvgIpc) is 2.82. The van der Waals surface area contributed by atoms with Gasteiger partial charge in [-0.1, -0.05) is 0 Å². The number of nitrogens with two attached hydrogens (primary N) is 1. The average molecular weight is 291 g/mol. The van der Waals surface area contributed by atoms with Crippen molar-refractivity contribution in [1.82, 2.24) is 4.57 Å². The Labute approximate surface area is 119 Å². The molecule has 2 rings (SSSR count). The summed E-state index contributed by atoms with van der Waals surface area (Å²) in [4.78, 5) is 27.2. The predicted octanol–water partition coefficient (Wildman–Crippen LogP) is 0.692. The van der Waals surface area contributed by atoms with E-state index >= 15 is 0 Å². The number of nitrogens with zero attached hydrogens (tertiary/aromatic N) is 2. The molecular formula is C13H13N3O3S. The molecule has 2 N–H and O–H groups in total. The molecule has 0 aliphatic heterocycles. The summed E-state index contributed by atoms with van der Waals surface area (Å²) in [5, 5.41) is 1.85. The van der Waals surface area contributed by atoms with Crippen LogP contribution in [0.2, 0.25) is 0 Å². The number of benzene rings is 1. The van der Waals surface area contributed by atoms with Crippen molar-refractivity contribution < 1.29 is 14.3 Å². The Bertz CT molecular complexity index is 685. The van der Waals surface area contributed by atoms with Crippen molar-refractivity contribution in [1.29, 1.82) is 0 Å². The Hall–Kier alpha value is -2.41. The van der Waals surface area contributed by atoms with Gasteiger partial charge in [-0.25, -0.2) is 0 Å². The fraction of sp³-hybridized carbons (Fsp3) is 0.154. The second-order valence-electron chi connectivity index (χ2n) is 3.99. The molecule has 0 atom stereocenters. The third-order valence-corrected chi connectivity index (χ3v) is 3.29. The summed E-state index contributed by atoms with van der Waals surface area (Å²) >= 11 is 1.39. The lowest BCUT2D eigenvalue weighted by atomic mass is 10.2. The number of aromatic nitrogens is 1. The molecule has 0 saturated carbocycles. The zero-order valence-electron chi connectivity index (χ0n) is 10.8. The molecule has 0 spiro atoms. The van der Waals surface area contributed by atoms with Crippen LogP contribution in [0.25, 0.3) is 0 Å². The van der Waals surface area contributed by atoms with Gasteiger partial charge in [0.2, 0.25) is 0 Å². The molecule has 20 heavy (non-hydrogen) atoms. The molecule has 0 aliphatic carbocycles. The number of rotatable bonds is 4. The van der Waals surface area contributed by atoms with Gasteiger partial charge in [0.1, 0.15) is 5.75 Å². The lowest BCUT2D eigenvalue weighted by Crippen LogP contribution is -2.20. The van der Waals surface area contributed by atoms with E-state index in [1.807, 2.05) is 18.6 Å². The molecule has 0 bridgehead atoms. The Morgan fingerprint density at radius 2 is 2.05 bits per heavy atom. The normalized spacial score (nSPS) is 11.3. The molecule has 0 fully saturated rings. The number of hydrogen-bond acceptors (Lipinski definition) is 4. The maximum absolute atomic E-state index is 12.0. The van der Waals surface area contributed by atoms with Gasteiger partial charge in [-0.05, 0) is 24.3 Å². The summed E-state index contributed by atoms with van der Waals surface area (Å²) in [5.41, 5.74) is 5.42. The van der Waals surface area contributed by atoms with E-state index in [9.17, 15) is 9.59 Å². The van der Waals surface area contributed by atoms with E-state index < -0.39 is 5.91 Å². The molecule has 0 unspecified atom stereocenters. The Kier molecular flexibility index (Phi) is 4.31. The summed E-state index contributed by atoms with van der Waals surface area (Å²) in [6.45, 7) is -0.192. The lowest BCUT2D eigenvalue weighted by Gasteiger charge is -2.03. The number of primary amides is 1. The number of amides is 2. The lowest BCUT2D eigenvalue weighted by molar-refractivity contribution is -0.119. The van der Waals surface area contributed by atoms with E-state index in [1.54, 1.807) is 28.8 Å². The van der Waals surface area contributed by atoms with Crippen LogP contribution in [0.1, 0.15) is 10.4 Å². The first-order valence-corrected chi connectivity index (χ1v) is 6.64. The third kappa shape index (κ3) is 3.55. The maximum atomic E-state index is 12.0. The molecule has 2 amide bonds. The topological polar surface area (TPSA) is 86.7 Å². The van der Waals surface area contributed by atoms with Crippen molar-refractivity contribution >= 4 is 23.2 Å². The second-order valence-corrected chi connectivity index (χ2v) is 4.87. The van der Waals surface area contributed by atoms with Gasteiger partial charge < -0.3 is 15.0 Å². The molecule has 1 heterocycles. The van der Waals surface area contributed by atoms with Gasteiger partial charge in [-0.3, -0.25) is 9.59 Å². The molecule has 0 aliphatic rings. The van der Waals surface area contributed by atoms with E-state index in [0.29, 0.717) is 16.1 Å². The minimum absolute atomic E-state index is 0.192. The highest BCUT2D eigenvalue weighted by molar-refractivity contribution is 7.07. The Balaban J connectivity index is 2.12. The molecule has 1 aromatic carbocycles. The van der Waals surface area contributed by atoms with Crippen molar-refractivity contribution in [3.63, 3.8) is 0 Å². The monoisotopic (exact) mass is 291 g/mol. The second kappa shape index (κ2) is 6.16. The van der Waals surface area contributed by atoms with Crippen molar-refractivity contribution in [3.8, 4) is 5.75 Å². The zero-order chi connectivity index (χ0) is 14.5. The van der Waals surface area contributed by atoms with Gasteiger partial charge in [0, 0.05) is 24.2 Å². The summed E-state index contributed by atoms with van der Waals surface area (Å²) in [6, 6.07) is 6.38. The van der Waals surface area contributed by atoms with Gasteiger partial charge in [-0.2, -0.15) is 4.99 Å². The van der Waals surface area contributed by atoms with Crippen LogP contribution >= 0.6 is 11.3 Å². The van der Waals surface area contributed by atoms with Crippen molar-refractivity contribution in [2.24, 2.45) is 17.8 Å². The van der Waals surface area contributed by atoms with E-state index in [0.717, 1.165) is 0 Å². The molecule has 1 aromatic heterocycles. The van der Waals surface area contributed by atoms with Gasteiger partial charge in [-0.15, -0.1) is 11.3 Å².